The molecule has 168 valence electrons. The molecule has 0 spiro atoms. The monoisotopic (exact) mass is 458 g/mol. The third-order valence-electron chi connectivity index (χ3n) is 7.71. The van der Waals surface area contributed by atoms with E-state index in [1.807, 2.05) is 0 Å². The predicted octanol–water partition coefficient (Wildman–Crippen LogP) is 9.64. The van der Waals surface area contributed by atoms with Crippen molar-refractivity contribution in [2.24, 2.45) is 0 Å². The molecule has 0 amide bonds. The fourth-order valence-electron chi connectivity index (χ4n) is 6.01. The van der Waals surface area contributed by atoms with E-state index in [-0.39, 0.29) is 0 Å². The van der Waals surface area contributed by atoms with Crippen LogP contribution in [-0.2, 0) is 6.42 Å². The highest BCUT2D eigenvalue weighted by atomic mass is 16.3. The third-order valence-corrected chi connectivity index (χ3v) is 7.71. The molecule has 0 saturated heterocycles. The van der Waals surface area contributed by atoms with E-state index in [9.17, 15) is 0 Å². The van der Waals surface area contributed by atoms with E-state index >= 15 is 0 Å². The van der Waals surface area contributed by atoms with Gasteiger partial charge in [-0.2, -0.15) is 0 Å². The fourth-order valence-corrected chi connectivity index (χ4v) is 6.01. The van der Waals surface area contributed by atoms with Gasteiger partial charge in [-0.1, -0.05) is 115 Å². The Hall–Kier alpha value is -4.62. The van der Waals surface area contributed by atoms with Crippen LogP contribution in [0.4, 0.5) is 0 Å². The SMILES string of the molecule is c1ccc2c(c1)Cc1ccc(-c3cccc4c3oc3c(-c5cccc6ccccc56)cccc34)cc1-2. The van der Waals surface area contributed by atoms with E-state index < -0.39 is 0 Å². The van der Waals surface area contributed by atoms with Crippen molar-refractivity contribution in [2.75, 3.05) is 0 Å². The Bertz CT molecular complexity index is 1970. The molecule has 0 aliphatic heterocycles. The van der Waals surface area contributed by atoms with Gasteiger partial charge in [-0.3, -0.25) is 0 Å². The van der Waals surface area contributed by atoms with Crippen LogP contribution in [0.25, 0.3) is 66.1 Å². The van der Waals surface area contributed by atoms with Crippen molar-refractivity contribution in [2.45, 2.75) is 6.42 Å². The number of fused-ring (bicyclic) bond motifs is 7. The highest BCUT2D eigenvalue weighted by Gasteiger charge is 2.20. The molecule has 8 rings (SSSR count). The number of hydrogen-bond acceptors (Lipinski definition) is 1. The second kappa shape index (κ2) is 7.44. The summed E-state index contributed by atoms with van der Waals surface area (Å²) in [7, 11) is 0. The summed E-state index contributed by atoms with van der Waals surface area (Å²) >= 11 is 0. The average molecular weight is 459 g/mol. The van der Waals surface area contributed by atoms with E-state index in [4.69, 9.17) is 4.42 Å². The summed E-state index contributed by atoms with van der Waals surface area (Å²) in [6.45, 7) is 0. The summed E-state index contributed by atoms with van der Waals surface area (Å²) in [6, 6.07) is 43.7. The molecule has 36 heavy (non-hydrogen) atoms. The molecule has 1 aliphatic rings. The molecular weight excluding hydrogens is 436 g/mol. The van der Waals surface area contributed by atoms with Gasteiger partial charge >= 0.3 is 0 Å². The molecule has 1 heterocycles. The van der Waals surface area contributed by atoms with Gasteiger partial charge in [0.15, 0.2) is 0 Å². The summed E-state index contributed by atoms with van der Waals surface area (Å²) in [6.07, 6.45) is 1.01. The Labute approximate surface area is 209 Å². The van der Waals surface area contributed by atoms with Gasteiger partial charge in [0.25, 0.3) is 0 Å². The standard InChI is InChI=1S/C35H22O/c1-3-11-26-22(8-1)10-5-14-29(26)30-15-7-17-32-31-16-6-13-28(34(31)36-35(30)32)25-19-18-24-20-23-9-2-4-12-27(23)33(24)21-25/h1-19,21H,20H2. The minimum atomic E-state index is 0.947. The molecule has 0 N–H and O–H groups in total. The Morgan fingerprint density at radius 3 is 1.94 bits per heavy atom. The van der Waals surface area contributed by atoms with Crippen molar-refractivity contribution in [1.82, 2.24) is 0 Å². The largest absolute Gasteiger partial charge is 0.455 e. The maximum absolute atomic E-state index is 6.76. The summed E-state index contributed by atoms with van der Waals surface area (Å²) in [5, 5.41) is 4.79. The van der Waals surface area contributed by atoms with Crippen molar-refractivity contribution < 1.29 is 4.42 Å². The van der Waals surface area contributed by atoms with Crippen LogP contribution >= 0.6 is 0 Å². The van der Waals surface area contributed by atoms with Crippen LogP contribution in [0.2, 0.25) is 0 Å². The predicted molar refractivity (Wildman–Crippen MR) is 150 cm³/mol. The highest BCUT2D eigenvalue weighted by Crippen LogP contribution is 2.43. The highest BCUT2D eigenvalue weighted by molar-refractivity contribution is 6.14. The molecule has 1 aromatic heterocycles. The Kier molecular flexibility index (Phi) is 4.06. The number of furan rings is 1. The second-order valence-corrected chi connectivity index (χ2v) is 9.70. The lowest BCUT2D eigenvalue weighted by Gasteiger charge is -2.07. The van der Waals surface area contributed by atoms with E-state index in [1.165, 1.54) is 44.2 Å². The van der Waals surface area contributed by atoms with Gasteiger partial charge in [0.1, 0.15) is 11.2 Å². The van der Waals surface area contributed by atoms with E-state index in [0.717, 1.165) is 39.5 Å². The maximum atomic E-state index is 6.76. The fraction of sp³-hybridized carbons (Fsp3) is 0.0286. The minimum absolute atomic E-state index is 0.947. The Morgan fingerprint density at radius 1 is 0.417 bits per heavy atom. The molecule has 0 bridgehead atoms. The van der Waals surface area contributed by atoms with E-state index in [1.54, 1.807) is 0 Å². The van der Waals surface area contributed by atoms with Crippen LogP contribution in [0.1, 0.15) is 11.1 Å². The zero-order chi connectivity index (χ0) is 23.6. The minimum Gasteiger partial charge on any atom is -0.455 e. The first kappa shape index (κ1) is 19.7. The normalized spacial score (nSPS) is 12.3. The Balaban J connectivity index is 1.37. The van der Waals surface area contributed by atoms with Crippen LogP contribution in [0.15, 0.2) is 126 Å². The molecular formula is C35H22O. The van der Waals surface area contributed by atoms with Crippen molar-refractivity contribution in [3.63, 3.8) is 0 Å². The van der Waals surface area contributed by atoms with Crippen molar-refractivity contribution in [3.05, 3.63) is 132 Å². The number of para-hydroxylation sites is 2. The molecule has 6 aromatic carbocycles. The number of rotatable bonds is 2. The van der Waals surface area contributed by atoms with Crippen molar-refractivity contribution in [1.29, 1.82) is 0 Å². The first-order chi connectivity index (χ1) is 17.8. The summed E-state index contributed by atoms with van der Waals surface area (Å²) in [5.74, 6) is 0. The number of hydrogen-bond donors (Lipinski definition) is 0. The maximum Gasteiger partial charge on any atom is 0.143 e. The molecule has 1 aliphatic carbocycles. The van der Waals surface area contributed by atoms with Crippen LogP contribution < -0.4 is 0 Å². The van der Waals surface area contributed by atoms with Gasteiger partial charge in [0.05, 0.1) is 0 Å². The zero-order valence-corrected chi connectivity index (χ0v) is 19.7. The lowest BCUT2D eigenvalue weighted by atomic mass is 9.96. The quantitative estimate of drug-likeness (QED) is 0.251. The molecule has 0 radical (unpaired) electrons. The molecule has 0 fully saturated rings. The Morgan fingerprint density at radius 2 is 1.03 bits per heavy atom. The second-order valence-electron chi connectivity index (χ2n) is 9.70. The molecule has 0 unspecified atom stereocenters. The molecule has 1 heteroatoms. The van der Waals surface area contributed by atoms with Crippen molar-refractivity contribution >= 4 is 32.7 Å². The lowest BCUT2D eigenvalue weighted by Crippen LogP contribution is -1.83. The van der Waals surface area contributed by atoms with Crippen LogP contribution in [-0.4, -0.2) is 0 Å². The number of benzene rings is 6. The van der Waals surface area contributed by atoms with E-state index in [0.29, 0.717) is 0 Å². The summed E-state index contributed by atoms with van der Waals surface area (Å²) < 4.78 is 6.76. The van der Waals surface area contributed by atoms with Gasteiger partial charge in [-0.05, 0) is 56.6 Å². The van der Waals surface area contributed by atoms with Crippen LogP contribution in [0.5, 0.6) is 0 Å². The van der Waals surface area contributed by atoms with Gasteiger partial charge < -0.3 is 4.42 Å². The van der Waals surface area contributed by atoms with Gasteiger partial charge in [0, 0.05) is 21.9 Å². The smallest absolute Gasteiger partial charge is 0.143 e. The molecule has 0 atom stereocenters. The first-order valence-corrected chi connectivity index (χ1v) is 12.5. The average Bonchev–Trinajstić information content (AvgIpc) is 3.51. The molecule has 0 saturated carbocycles. The topological polar surface area (TPSA) is 13.1 Å². The van der Waals surface area contributed by atoms with Gasteiger partial charge in [-0.15, -0.1) is 0 Å². The lowest BCUT2D eigenvalue weighted by molar-refractivity contribution is 0.671. The zero-order valence-electron chi connectivity index (χ0n) is 19.7. The van der Waals surface area contributed by atoms with Crippen LogP contribution in [0, 0.1) is 0 Å². The van der Waals surface area contributed by atoms with Crippen molar-refractivity contribution in [3.8, 4) is 33.4 Å². The third kappa shape index (κ3) is 2.77. The first-order valence-electron chi connectivity index (χ1n) is 12.5. The summed E-state index contributed by atoms with van der Waals surface area (Å²) in [5.41, 5.74) is 12.1. The molecule has 1 nitrogen and oxygen atoms in total. The van der Waals surface area contributed by atoms with Crippen LogP contribution in [0.3, 0.4) is 0 Å². The van der Waals surface area contributed by atoms with E-state index in [2.05, 4.69) is 121 Å². The summed E-state index contributed by atoms with van der Waals surface area (Å²) in [4.78, 5) is 0. The van der Waals surface area contributed by atoms with Gasteiger partial charge in [0.2, 0.25) is 0 Å². The van der Waals surface area contributed by atoms with Gasteiger partial charge in [-0.25, -0.2) is 0 Å². The molecule has 7 aromatic rings.